The highest BCUT2D eigenvalue weighted by atomic mass is 16.6. The van der Waals surface area contributed by atoms with Crippen molar-refractivity contribution in [2.75, 3.05) is 25.1 Å². The molecule has 1 atom stereocenters. The molecule has 1 aromatic heterocycles. The second-order valence-electron chi connectivity index (χ2n) is 4.98. The zero-order valence-corrected chi connectivity index (χ0v) is 12.0. The molecular formula is C15H15N3O4. The zero-order chi connectivity index (χ0) is 15.5. The summed E-state index contributed by atoms with van der Waals surface area (Å²) in [6.07, 6.45) is 1.31. The smallest absolute Gasteiger partial charge is 0.311 e. The topological polar surface area (TPSA) is 77.7 Å². The van der Waals surface area contributed by atoms with E-state index in [2.05, 4.69) is 4.98 Å². The van der Waals surface area contributed by atoms with Gasteiger partial charge in [0, 0.05) is 19.3 Å². The Morgan fingerprint density at radius 2 is 2.09 bits per heavy atom. The maximum absolute atomic E-state index is 11.1. The van der Waals surface area contributed by atoms with Gasteiger partial charge in [-0.3, -0.25) is 10.1 Å². The van der Waals surface area contributed by atoms with Crippen LogP contribution in [-0.2, 0) is 0 Å². The number of ether oxygens (including phenoxy) is 2. The molecule has 0 saturated carbocycles. The second kappa shape index (κ2) is 5.88. The maximum atomic E-state index is 11.1. The van der Waals surface area contributed by atoms with Crippen LogP contribution in [0.15, 0.2) is 42.6 Å². The van der Waals surface area contributed by atoms with E-state index in [1.807, 2.05) is 24.3 Å². The first-order chi connectivity index (χ1) is 10.6. The van der Waals surface area contributed by atoms with Gasteiger partial charge in [0.15, 0.2) is 17.6 Å². The van der Waals surface area contributed by atoms with Crippen LogP contribution in [0.25, 0.3) is 0 Å². The molecule has 2 aromatic rings. The minimum Gasteiger partial charge on any atom is -0.486 e. The van der Waals surface area contributed by atoms with Crippen LogP contribution in [0, 0.1) is 10.1 Å². The quantitative estimate of drug-likeness (QED) is 0.637. The van der Waals surface area contributed by atoms with Crippen LogP contribution in [0.4, 0.5) is 11.5 Å². The molecule has 0 saturated heterocycles. The molecule has 1 aliphatic heterocycles. The molecule has 7 nitrogen and oxygen atoms in total. The van der Waals surface area contributed by atoms with Crippen LogP contribution < -0.4 is 14.4 Å². The number of aromatic nitrogens is 1. The number of rotatable bonds is 4. The van der Waals surface area contributed by atoms with Gasteiger partial charge in [0.2, 0.25) is 5.82 Å². The molecule has 0 amide bonds. The molecular weight excluding hydrogens is 286 g/mol. The van der Waals surface area contributed by atoms with Crippen LogP contribution in [0.5, 0.6) is 11.5 Å². The third kappa shape index (κ3) is 2.78. The minimum atomic E-state index is -0.438. The van der Waals surface area contributed by atoms with Gasteiger partial charge in [-0.2, -0.15) is 0 Å². The van der Waals surface area contributed by atoms with Crippen molar-refractivity contribution in [2.24, 2.45) is 0 Å². The predicted octanol–water partition coefficient (Wildman–Crippen LogP) is 2.27. The van der Waals surface area contributed by atoms with Crippen LogP contribution in [0.3, 0.4) is 0 Å². The number of anilines is 1. The molecule has 3 rings (SSSR count). The number of hydrogen-bond acceptors (Lipinski definition) is 6. The summed E-state index contributed by atoms with van der Waals surface area (Å²) in [7, 11) is 1.75. The lowest BCUT2D eigenvalue weighted by molar-refractivity contribution is -0.384. The van der Waals surface area contributed by atoms with Crippen molar-refractivity contribution < 1.29 is 14.4 Å². The van der Waals surface area contributed by atoms with E-state index in [0.29, 0.717) is 30.5 Å². The standard InChI is InChI=1S/C15H15N3O4/c1-17(15-12(18(19)20)5-4-8-16-15)9-11-10-21-13-6-2-3-7-14(13)22-11/h2-8,11H,9-10H2,1H3/t11-/m1/s1. The van der Waals surface area contributed by atoms with E-state index in [-0.39, 0.29) is 11.8 Å². The van der Waals surface area contributed by atoms with Crippen molar-refractivity contribution in [2.45, 2.75) is 6.10 Å². The lowest BCUT2D eigenvalue weighted by Gasteiger charge is -2.29. The molecule has 2 heterocycles. The van der Waals surface area contributed by atoms with Crippen molar-refractivity contribution in [3.8, 4) is 11.5 Å². The summed E-state index contributed by atoms with van der Waals surface area (Å²) in [6, 6.07) is 10.4. The van der Waals surface area contributed by atoms with E-state index >= 15 is 0 Å². The van der Waals surface area contributed by atoms with Gasteiger partial charge in [-0.05, 0) is 18.2 Å². The number of nitro groups is 1. The lowest BCUT2D eigenvalue weighted by atomic mass is 10.2. The number of para-hydroxylation sites is 2. The average Bonchev–Trinajstić information content (AvgIpc) is 2.54. The summed E-state index contributed by atoms with van der Waals surface area (Å²) >= 11 is 0. The van der Waals surface area contributed by atoms with Crippen molar-refractivity contribution in [1.29, 1.82) is 0 Å². The Morgan fingerprint density at radius 1 is 1.32 bits per heavy atom. The molecule has 0 radical (unpaired) electrons. The zero-order valence-electron chi connectivity index (χ0n) is 12.0. The Labute approximate surface area is 127 Å². The van der Waals surface area contributed by atoms with Gasteiger partial charge in [0.1, 0.15) is 6.61 Å². The fourth-order valence-corrected chi connectivity index (χ4v) is 2.37. The van der Waals surface area contributed by atoms with Gasteiger partial charge in [-0.1, -0.05) is 12.1 Å². The molecule has 0 aliphatic carbocycles. The molecule has 114 valence electrons. The summed E-state index contributed by atoms with van der Waals surface area (Å²) < 4.78 is 11.5. The van der Waals surface area contributed by atoms with Crippen LogP contribution >= 0.6 is 0 Å². The monoisotopic (exact) mass is 301 g/mol. The Balaban J connectivity index is 1.73. The van der Waals surface area contributed by atoms with Crippen molar-refractivity contribution in [3.05, 3.63) is 52.7 Å². The molecule has 0 bridgehead atoms. The maximum Gasteiger partial charge on any atom is 0.311 e. The van der Waals surface area contributed by atoms with E-state index in [4.69, 9.17) is 9.47 Å². The molecule has 7 heteroatoms. The van der Waals surface area contributed by atoms with Crippen molar-refractivity contribution >= 4 is 11.5 Å². The Morgan fingerprint density at radius 3 is 2.86 bits per heavy atom. The normalized spacial score (nSPS) is 16.1. The summed E-state index contributed by atoms with van der Waals surface area (Å²) in [5, 5.41) is 11.1. The molecule has 22 heavy (non-hydrogen) atoms. The molecule has 1 aromatic carbocycles. The average molecular weight is 301 g/mol. The number of hydrogen-bond donors (Lipinski definition) is 0. The molecule has 0 spiro atoms. The second-order valence-corrected chi connectivity index (χ2v) is 4.98. The first-order valence-corrected chi connectivity index (χ1v) is 6.84. The lowest BCUT2D eigenvalue weighted by Crippen LogP contribution is -2.39. The fraction of sp³-hybridized carbons (Fsp3) is 0.267. The minimum absolute atomic E-state index is 0.0258. The molecule has 0 fully saturated rings. The van der Waals surface area contributed by atoms with E-state index < -0.39 is 4.92 Å². The van der Waals surface area contributed by atoms with Crippen LogP contribution in [-0.4, -0.2) is 36.2 Å². The van der Waals surface area contributed by atoms with Gasteiger partial charge in [-0.15, -0.1) is 0 Å². The van der Waals surface area contributed by atoms with Gasteiger partial charge in [-0.25, -0.2) is 4.98 Å². The van der Waals surface area contributed by atoms with Crippen molar-refractivity contribution in [3.63, 3.8) is 0 Å². The van der Waals surface area contributed by atoms with E-state index in [0.717, 1.165) is 0 Å². The number of fused-ring (bicyclic) bond motifs is 1. The van der Waals surface area contributed by atoms with Crippen molar-refractivity contribution in [1.82, 2.24) is 4.98 Å². The summed E-state index contributed by atoms with van der Waals surface area (Å²) in [6.45, 7) is 0.828. The number of pyridine rings is 1. The number of nitrogens with zero attached hydrogens (tertiary/aromatic N) is 3. The summed E-state index contributed by atoms with van der Waals surface area (Å²) in [5.74, 6) is 1.71. The molecule has 0 unspecified atom stereocenters. The number of benzene rings is 1. The molecule has 0 N–H and O–H groups in total. The third-order valence-corrected chi connectivity index (χ3v) is 3.37. The fourth-order valence-electron chi connectivity index (χ4n) is 2.37. The van der Waals surface area contributed by atoms with Crippen LogP contribution in [0.2, 0.25) is 0 Å². The number of likely N-dealkylation sites (N-methyl/N-ethyl adjacent to an activating group) is 1. The SMILES string of the molecule is CN(C[C@@H]1COc2ccccc2O1)c1ncccc1[N+](=O)[O-]. The van der Waals surface area contributed by atoms with Gasteiger partial charge in [0.25, 0.3) is 0 Å². The molecule has 1 aliphatic rings. The first-order valence-electron chi connectivity index (χ1n) is 6.84. The highest BCUT2D eigenvalue weighted by molar-refractivity contribution is 5.56. The predicted molar refractivity (Wildman–Crippen MR) is 80.5 cm³/mol. The highest BCUT2D eigenvalue weighted by Gasteiger charge is 2.25. The van der Waals surface area contributed by atoms with E-state index in [9.17, 15) is 10.1 Å². The Bertz CT molecular complexity index is 692. The Kier molecular flexibility index (Phi) is 3.78. The van der Waals surface area contributed by atoms with Gasteiger partial charge < -0.3 is 14.4 Å². The summed E-state index contributed by atoms with van der Waals surface area (Å²) in [4.78, 5) is 16.4. The summed E-state index contributed by atoms with van der Waals surface area (Å²) in [5.41, 5.74) is -0.0258. The highest BCUT2D eigenvalue weighted by Crippen LogP contribution is 2.31. The van der Waals surface area contributed by atoms with Gasteiger partial charge in [0.05, 0.1) is 11.5 Å². The largest absolute Gasteiger partial charge is 0.486 e. The third-order valence-electron chi connectivity index (χ3n) is 3.37. The van der Waals surface area contributed by atoms with E-state index in [1.165, 1.54) is 12.3 Å². The van der Waals surface area contributed by atoms with E-state index in [1.54, 1.807) is 18.0 Å². The van der Waals surface area contributed by atoms with Gasteiger partial charge >= 0.3 is 5.69 Å². The Hall–Kier alpha value is -2.83. The van der Waals surface area contributed by atoms with Crippen LogP contribution in [0.1, 0.15) is 0 Å². The first kappa shape index (κ1) is 14.1.